The predicted molar refractivity (Wildman–Crippen MR) is 109 cm³/mol. The SMILES string of the molecule is CC(C)(C)OC(=O)NC12CC(N(CCc3ccccc3)C(=O)/C=C/C(N)=O)(C1)C2. The van der Waals surface area contributed by atoms with Gasteiger partial charge in [-0.3, -0.25) is 9.59 Å². The molecule has 7 nitrogen and oxygen atoms in total. The molecule has 3 saturated carbocycles. The van der Waals surface area contributed by atoms with Crippen molar-refractivity contribution in [3.8, 4) is 0 Å². The average Bonchev–Trinajstić information content (AvgIpc) is 2.55. The molecule has 0 unspecified atom stereocenters. The molecular formula is C22H29N3O4. The molecule has 156 valence electrons. The molecule has 29 heavy (non-hydrogen) atoms. The van der Waals surface area contributed by atoms with E-state index in [4.69, 9.17) is 10.5 Å². The lowest BCUT2D eigenvalue weighted by molar-refractivity contribution is -0.184. The van der Waals surface area contributed by atoms with Crippen molar-refractivity contribution >= 4 is 17.9 Å². The van der Waals surface area contributed by atoms with Gasteiger partial charge >= 0.3 is 6.09 Å². The molecule has 0 radical (unpaired) electrons. The zero-order valence-electron chi connectivity index (χ0n) is 17.2. The maximum Gasteiger partial charge on any atom is 0.408 e. The van der Waals surface area contributed by atoms with Crippen molar-refractivity contribution in [2.24, 2.45) is 5.73 Å². The number of ether oxygens (including phenoxy) is 1. The smallest absolute Gasteiger partial charge is 0.408 e. The van der Waals surface area contributed by atoms with E-state index in [1.165, 1.54) is 6.08 Å². The Bertz CT molecular complexity index is 806. The highest BCUT2D eigenvalue weighted by Gasteiger charge is 2.71. The van der Waals surface area contributed by atoms with E-state index in [0.29, 0.717) is 32.2 Å². The molecular weight excluding hydrogens is 370 g/mol. The van der Waals surface area contributed by atoms with E-state index in [-0.39, 0.29) is 17.0 Å². The van der Waals surface area contributed by atoms with E-state index in [0.717, 1.165) is 11.6 Å². The summed E-state index contributed by atoms with van der Waals surface area (Å²) in [6, 6.07) is 9.94. The molecule has 0 aliphatic heterocycles. The van der Waals surface area contributed by atoms with Gasteiger partial charge in [-0.1, -0.05) is 30.3 Å². The van der Waals surface area contributed by atoms with Gasteiger partial charge in [0, 0.05) is 24.2 Å². The van der Waals surface area contributed by atoms with Gasteiger partial charge in [0.1, 0.15) is 5.60 Å². The Morgan fingerprint density at radius 1 is 1.14 bits per heavy atom. The van der Waals surface area contributed by atoms with Crippen molar-refractivity contribution in [1.82, 2.24) is 10.2 Å². The lowest BCUT2D eigenvalue weighted by Gasteiger charge is -2.73. The Labute approximate surface area is 171 Å². The zero-order valence-corrected chi connectivity index (χ0v) is 17.2. The van der Waals surface area contributed by atoms with Crippen LogP contribution in [0.4, 0.5) is 4.79 Å². The van der Waals surface area contributed by atoms with Crippen LogP contribution >= 0.6 is 0 Å². The lowest BCUT2D eigenvalue weighted by atomic mass is 9.43. The highest BCUT2D eigenvalue weighted by Crippen LogP contribution is 2.63. The number of primary amides is 1. The third kappa shape index (κ3) is 4.78. The van der Waals surface area contributed by atoms with Crippen molar-refractivity contribution in [1.29, 1.82) is 0 Å². The van der Waals surface area contributed by atoms with Crippen molar-refractivity contribution in [3.63, 3.8) is 0 Å². The van der Waals surface area contributed by atoms with Crippen LogP contribution in [-0.4, -0.2) is 46.0 Å². The van der Waals surface area contributed by atoms with Crippen molar-refractivity contribution in [2.75, 3.05) is 6.54 Å². The summed E-state index contributed by atoms with van der Waals surface area (Å²) in [5.41, 5.74) is 5.13. The highest BCUT2D eigenvalue weighted by atomic mass is 16.6. The third-order valence-electron chi connectivity index (χ3n) is 5.46. The van der Waals surface area contributed by atoms with Crippen molar-refractivity contribution in [2.45, 2.75) is 63.1 Å². The van der Waals surface area contributed by atoms with E-state index in [1.807, 2.05) is 56.0 Å². The second-order valence-corrected chi connectivity index (χ2v) is 9.12. The summed E-state index contributed by atoms with van der Waals surface area (Å²) in [6.45, 7) is 6.01. The first-order valence-corrected chi connectivity index (χ1v) is 9.87. The Morgan fingerprint density at radius 3 is 2.31 bits per heavy atom. The summed E-state index contributed by atoms with van der Waals surface area (Å²) < 4.78 is 5.35. The minimum absolute atomic E-state index is 0.231. The van der Waals surface area contributed by atoms with Crippen LogP contribution in [-0.2, 0) is 20.7 Å². The number of hydrogen-bond acceptors (Lipinski definition) is 4. The molecule has 3 aliphatic carbocycles. The van der Waals surface area contributed by atoms with Gasteiger partial charge in [0.2, 0.25) is 11.8 Å². The second kappa shape index (κ2) is 7.54. The van der Waals surface area contributed by atoms with Gasteiger partial charge in [-0.15, -0.1) is 0 Å². The van der Waals surface area contributed by atoms with Gasteiger partial charge in [-0.25, -0.2) is 4.79 Å². The molecule has 3 N–H and O–H groups in total. The Balaban J connectivity index is 1.64. The fourth-order valence-corrected chi connectivity index (χ4v) is 4.38. The zero-order chi connectivity index (χ0) is 21.3. The number of benzene rings is 1. The number of nitrogens with zero attached hydrogens (tertiary/aromatic N) is 1. The van der Waals surface area contributed by atoms with Gasteiger partial charge in [0.05, 0.1) is 5.54 Å². The van der Waals surface area contributed by atoms with Gasteiger partial charge in [-0.05, 0) is 52.0 Å². The summed E-state index contributed by atoms with van der Waals surface area (Å²) in [7, 11) is 0. The molecule has 0 atom stereocenters. The quantitative estimate of drug-likeness (QED) is 0.687. The number of carbonyl (C=O) groups excluding carboxylic acids is 3. The number of nitrogens with two attached hydrogens (primary N) is 1. The molecule has 0 aromatic heterocycles. The maximum atomic E-state index is 12.8. The molecule has 0 spiro atoms. The van der Waals surface area contributed by atoms with Crippen molar-refractivity contribution < 1.29 is 19.1 Å². The van der Waals surface area contributed by atoms with Gasteiger partial charge < -0.3 is 20.7 Å². The molecule has 3 fully saturated rings. The first kappa shape index (κ1) is 20.9. The van der Waals surface area contributed by atoms with E-state index < -0.39 is 17.6 Å². The van der Waals surface area contributed by atoms with E-state index >= 15 is 0 Å². The fourth-order valence-electron chi connectivity index (χ4n) is 4.38. The number of nitrogens with one attached hydrogen (secondary N) is 1. The van der Waals surface area contributed by atoms with Crippen molar-refractivity contribution in [3.05, 3.63) is 48.0 Å². The third-order valence-corrected chi connectivity index (χ3v) is 5.46. The summed E-state index contributed by atoms with van der Waals surface area (Å²) >= 11 is 0. The summed E-state index contributed by atoms with van der Waals surface area (Å²) in [5, 5.41) is 2.97. The monoisotopic (exact) mass is 399 g/mol. The van der Waals surface area contributed by atoms with Crippen LogP contribution < -0.4 is 11.1 Å². The van der Waals surface area contributed by atoms with Gasteiger partial charge in [0.15, 0.2) is 0 Å². The molecule has 1 aromatic rings. The molecule has 7 heteroatoms. The molecule has 3 aliphatic rings. The van der Waals surface area contributed by atoms with E-state index in [9.17, 15) is 14.4 Å². The molecule has 2 bridgehead atoms. The van der Waals surface area contributed by atoms with Crippen LogP contribution in [0.3, 0.4) is 0 Å². The van der Waals surface area contributed by atoms with Crippen LogP contribution in [0.1, 0.15) is 45.6 Å². The molecule has 1 aromatic carbocycles. The average molecular weight is 399 g/mol. The lowest BCUT2D eigenvalue weighted by Crippen LogP contribution is -2.84. The Hall–Kier alpha value is -2.83. The number of alkyl carbamates (subject to hydrolysis) is 1. The molecule has 3 amide bonds. The Morgan fingerprint density at radius 2 is 1.76 bits per heavy atom. The van der Waals surface area contributed by atoms with E-state index in [2.05, 4.69) is 5.32 Å². The fraction of sp³-hybridized carbons (Fsp3) is 0.500. The number of amides is 3. The molecule has 4 rings (SSSR count). The first-order chi connectivity index (χ1) is 13.5. The summed E-state index contributed by atoms with van der Waals surface area (Å²) in [4.78, 5) is 37.7. The largest absolute Gasteiger partial charge is 0.444 e. The predicted octanol–water partition coefficient (Wildman–Crippen LogP) is 2.30. The number of carbonyl (C=O) groups is 3. The van der Waals surface area contributed by atoms with Gasteiger partial charge in [-0.2, -0.15) is 0 Å². The van der Waals surface area contributed by atoms with E-state index in [1.54, 1.807) is 0 Å². The summed E-state index contributed by atoms with van der Waals surface area (Å²) in [5.74, 6) is -0.882. The van der Waals surface area contributed by atoms with Gasteiger partial charge in [0.25, 0.3) is 0 Å². The maximum absolute atomic E-state index is 12.8. The first-order valence-electron chi connectivity index (χ1n) is 9.87. The van der Waals surface area contributed by atoms with Crippen LogP contribution in [0.5, 0.6) is 0 Å². The van der Waals surface area contributed by atoms with Crippen LogP contribution in [0.25, 0.3) is 0 Å². The summed E-state index contributed by atoms with van der Waals surface area (Å²) in [6.07, 6.45) is 4.67. The minimum atomic E-state index is -0.651. The topological polar surface area (TPSA) is 102 Å². The Kier molecular flexibility index (Phi) is 5.43. The normalized spacial score (nSPS) is 24.9. The molecule has 0 heterocycles. The number of hydrogen-bond donors (Lipinski definition) is 2. The highest BCUT2D eigenvalue weighted by molar-refractivity contribution is 5.96. The standard InChI is InChI=1S/C22H29N3O4/c1-20(2,3)29-19(28)24-21-13-22(14-21,15-21)25(18(27)10-9-17(23)26)12-11-16-7-5-4-6-8-16/h4-10H,11-15H2,1-3H3,(H2,23,26)(H,24,28)/b10-9+. The van der Waals surface area contributed by atoms with Crippen LogP contribution in [0, 0.1) is 0 Å². The second-order valence-electron chi connectivity index (χ2n) is 9.12. The minimum Gasteiger partial charge on any atom is -0.444 e. The van der Waals surface area contributed by atoms with Crippen LogP contribution in [0.15, 0.2) is 42.5 Å². The number of rotatable bonds is 7. The molecule has 0 saturated heterocycles. The van der Waals surface area contributed by atoms with Crippen LogP contribution in [0.2, 0.25) is 0 Å².